The summed E-state index contributed by atoms with van der Waals surface area (Å²) in [4.78, 5) is -0.147. The maximum atomic E-state index is 10.4. The Kier molecular flexibility index (Phi) is 8.73. The van der Waals surface area contributed by atoms with E-state index in [2.05, 4.69) is 0 Å². The molecule has 0 radical (unpaired) electrons. The molecule has 0 aliphatic heterocycles. The van der Waals surface area contributed by atoms with Crippen LogP contribution in [-0.4, -0.2) is 13.0 Å². The van der Waals surface area contributed by atoms with Gasteiger partial charge in [0.05, 0.1) is 0 Å². The molecule has 7 heteroatoms. The van der Waals surface area contributed by atoms with Gasteiger partial charge in [0, 0.05) is 0 Å². The molecule has 0 aliphatic rings. The minimum Gasteiger partial charge on any atom is -1.00 e. The average molecular weight is 415 g/mol. The third-order valence-corrected chi connectivity index (χ3v) is 3.89. The van der Waals surface area contributed by atoms with Crippen LogP contribution >= 0.6 is 0 Å². The van der Waals surface area contributed by atoms with Crippen LogP contribution in [0.5, 0.6) is 0 Å². The van der Waals surface area contributed by atoms with Crippen LogP contribution in [0.2, 0.25) is 0 Å². The van der Waals surface area contributed by atoms with E-state index in [4.69, 9.17) is 0 Å². The zero-order chi connectivity index (χ0) is 8.48. The summed E-state index contributed by atoms with van der Waals surface area (Å²) in [6.07, 6.45) is 0. The molecule has 1 rings (SSSR count). The zero-order valence-electron chi connectivity index (χ0n) is 7.03. The summed E-state index contributed by atoms with van der Waals surface area (Å²) < 4.78 is 32.3. The van der Waals surface area contributed by atoms with Crippen molar-refractivity contribution in [2.45, 2.75) is 4.90 Å². The van der Waals surface area contributed by atoms with Gasteiger partial charge in [0.25, 0.3) is 0 Å². The molecule has 0 atom stereocenters. The predicted molar refractivity (Wildman–Crippen MR) is 34.0 cm³/mol. The maximum Gasteiger partial charge on any atom is 1.00 e. The molecule has 13 heavy (non-hydrogen) atoms. The molecular weight excluding hydrogens is 411 g/mol. The standard InChI is InChI=1S/C6H5O3S.ClH.Hg.Na/c7-10(8,9)6-4-2-1-3-5-6;;;/h2-5H,(H,7,8,9);1H;;/q;;2*+1/p-2. The maximum absolute atomic E-state index is 10.4. The van der Waals surface area contributed by atoms with Crippen molar-refractivity contribution in [2.24, 2.45) is 0 Å². The van der Waals surface area contributed by atoms with E-state index in [-0.39, 0.29) is 46.9 Å². The molecule has 0 saturated heterocycles. The van der Waals surface area contributed by atoms with E-state index in [1.54, 1.807) is 12.1 Å². The number of benzene rings is 1. The molecule has 1 aromatic carbocycles. The normalized spacial score (nSPS) is 9.77. The molecule has 0 aromatic heterocycles. The van der Waals surface area contributed by atoms with Crippen molar-refractivity contribution in [3.63, 3.8) is 0 Å². The van der Waals surface area contributed by atoms with Gasteiger partial charge in [0.1, 0.15) is 0 Å². The second-order valence-corrected chi connectivity index (χ2v) is 6.65. The van der Waals surface area contributed by atoms with Gasteiger partial charge in [-0.05, 0) is 0 Å². The van der Waals surface area contributed by atoms with Gasteiger partial charge >= 0.3 is 111 Å². The van der Waals surface area contributed by atoms with Gasteiger partial charge in [0.15, 0.2) is 0 Å². The second-order valence-electron chi connectivity index (χ2n) is 2.10. The van der Waals surface area contributed by atoms with Crippen molar-refractivity contribution in [3.05, 3.63) is 24.3 Å². The molecule has 0 saturated carbocycles. The third kappa shape index (κ3) is 5.72. The Labute approximate surface area is 122 Å². The van der Waals surface area contributed by atoms with E-state index in [1.165, 1.54) is 12.1 Å². The van der Waals surface area contributed by atoms with Crippen LogP contribution in [0.25, 0.3) is 0 Å². The second kappa shape index (κ2) is 6.77. The van der Waals surface area contributed by atoms with Crippen LogP contribution in [-0.2, 0) is 36.2 Å². The van der Waals surface area contributed by atoms with Crippen LogP contribution < -0.4 is 45.0 Å². The topological polar surface area (TPSA) is 57.2 Å². The SMILES string of the molecule is O=S(=O)([O-])c1cc[c]([Hg+])cc1.[Cl-].[Na+]. The number of rotatable bonds is 1. The largest absolute Gasteiger partial charge is 1.00 e. The molecule has 3 nitrogen and oxygen atoms in total. The third-order valence-electron chi connectivity index (χ3n) is 1.21. The molecule has 0 bridgehead atoms. The first-order valence-electron chi connectivity index (χ1n) is 2.88. The molecule has 0 unspecified atom stereocenters. The Hall–Kier alpha value is 1.36. The van der Waals surface area contributed by atoms with Gasteiger partial charge in [0.2, 0.25) is 0 Å². The fourth-order valence-corrected chi connectivity index (χ4v) is 2.04. The molecule has 0 heterocycles. The van der Waals surface area contributed by atoms with Crippen LogP contribution in [0.3, 0.4) is 0 Å². The van der Waals surface area contributed by atoms with E-state index < -0.39 is 10.1 Å². The molecule has 62 valence electrons. The molecule has 0 aliphatic carbocycles. The summed E-state index contributed by atoms with van der Waals surface area (Å²) >= 11 is 0.478. The van der Waals surface area contributed by atoms with E-state index >= 15 is 0 Å². The molecule has 0 N–H and O–H groups in total. The number of halogens is 1. The monoisotopic (exact) mass is 416 g/mol. The quantitative estimate of drug-likeness (QED) is 0.339. The Bertz CT molecular complexity index is 351. The summed E-state index contributed by atoms with van der Waals surface area (Å²) in [6.45, 7) is 0. The van der Waals surface area contributed by atoms with Crippen molar-refractivity contribution in [1.29, 1.82) is 0 Å². The van der Waals surface area contributed by atoms with Crippen molar-refractivity contribution < 1.29 is 81.1 Å². The van der Waals surface area contributed by atoms with E-state index in [1.807, 2.05) is 0 Å². The zero-order valence-corrected chi connectivity index (χ0v) is 16.1. The van der Waals surface area contributed by atoms with Crippen LogP contribution in [0, 0.1) is 0 Å². The van der Waals surface area contributed by atoms with E-state index in [0.717, 1.165) is 3.07 Å². The Morgan fingerprint density at radius 3 is 1.85 bits per heavy atom. The van der Waals surface area contributed by atoms with E-state index in [9.17, 15) is 13.0 Å². The smallest absolute Gasteiger partial charge is 1.00 e. The molecule has 1 aromatic rings. The summed E-state index contributed by atoms with van der Waals surface area (Å²) in [5.74, 6) is 0. The number of hydrogen-bond acceptors (Lipinski definition) is 3. The molecular formula is C6H4ClHgNaO3S. The van der Waals surface area contributed by atoms with Gasteiger partial charge in [-0.2, -0.15) is 0 Å². The number of hydrogen-bond donors (Lipinski definition) is 0. The summed E-state index contributed by atoms with van der Waals surface area (Å²) in [6, 6.07) is 6.05. The van der Waals surface area contributed by atoms with Gasteiger partial charge < -0.3 is 12.4 Å². The minimum absolute atomic E-state index is 0. The average Bonchev–Trinajstić information content (AvgIpc) is 1.86. The van der Waals surface area contributed by atoms with Crippen molar-refractivity contribution in [3.8, 4) is 0 Å². The van der Waals surface area contributed by atoms with Gasteiger partial charge in [-0.25, -0.2) is 0 Å². The molecule has 0 fully saturated rings. The fourth-order valence-electron chi connectivity index (χ4n) is 0.656. The summed E-state index contributed by atoms with van der Waals surface area (Å²) in [7, 11) is -4.25. The summed E-state index contributed by atoms with van der Waals surface area (Å²) in [5.41, 5.74) is 0. The van der Waals surface area contributed by atoms with Crippen LogP contribution in [0.15, 0.2) is 29.2 Å². The van der Waals surface area contributed by atoms with Crippen LogP contribution in [0.1, 0.15) is 0 Å². The molecule has 0 spiro atoms. The predicted octanol–water partition coefficient (Wildman–Crippen LogP) is -6.23. The fraction of sp³-hybridized carbons (Fsp3) is 0. The van der Waals surface area contributed by atoms with Crippen molar-refractivity contribution >= 4 is 13.2 Å². The first-order valence-corrected chi connectivity index (χ1v) is 7.04. The van der Waals surface area contributed by atoms with Crippen molar-refractivity contribution in [1.82, 2.24) is 0 Å². The Balaban J connectivity index is 0. The Morgan fingerprint density at radius 1 is 1.15 bits per heavy atom. The Morgan fingerprint density at radius 2 is 1.54 bits per heavy atom. The van der Waals surface area contributed by atoms with Gasteiger partial charge in [-0.1, -0.05) is 0 Å². The van der Waals surface area contributed by atoms with Crippen LogP contribution in [0.4, 0.5) is 0 Å². The first-order chi connectivity index (χ1) is 5.00. The molecule has 0 amide bonds. The van der Waals surface area contributed by atoms with Crippen molar-refractivity contribution in [2.75, 3.05) is 0 Å². The van der Waals surface area contributed by atoms with Gasteiger partial charge in [-0.15, -0.1) is 0 Å². The van der Waals surface area contributed by atoms with Gasteiger partial charge in [-0.3, -0.25) is 0 Å². The summed E-state index contributed by atoms with van der Waals surface area (Å²) in [5, 5.41) is 0. The first kappa shape index (κ1) is 16.8. The minimum atomic E-state index is -4.25. The van der Waals surface area contributed by atoms with E-state index in [0.29, 0.717) is 26.1 Å².